The number of rotatable bonds is 6. The van der Waals surface area contributed by atoms with Crippen molar-refractivity contribution in [1.82, 2.24) is 14.8 Å². The first-order valence-electron chi connectivity index (χ1n) is 10.4. The third-order valence-electron chi connectivity index (χ3n) is 5.27. The Hall–Kier alpha value is -3.01. The molecule has 2 aromatic heterocycles. The van der Waals surface area contributed by atoms with E-state index in [4.69, 9.17) is 21.7 Å². The lowest BCUT2D eigenvalue weighted by atomic mass is 10.0. The SMILES string of the molecule is Cc1ccc(C2=NN(C(=O)CSc3nn(-c4ccccc4)c(=S)s3)C(c3ccco3)C2)cc1. The lowest BCUT2D eigenvalue weighted by molar-refractivity contribution is -0.130. The number of amides is 1. The molecule has 9 heteroatoms. The molecule has 166 valence electrons. The van der Waals surface area contributed by atoms with Crippen molar-refractivity contribution >= 4 is 46.9 Å². The zero-order chi connectivity index (χ0) is 22.8. The third kappa shape index (κ3) is 4.71. The fourth-order valence-electron chi connectivity index (χ4n) is 3.60. The Balaban J connectivity index is 1.35. The van der Waals surface area contributed by atoms with E-state index in [1.165, 1.54) is 28.7 Å². The molecule has 0 radical (unpaired) electrons. The van der Waals surface area contributed by atoms with Gasteiger partial charge in [0.05, 0.1) is 23.4 Å². The number of furan rings is 1. The number of aromatic nitrogens is 2. The van der Waals surface area contributed by atoms with Gasteiger partial charge >= 0.3 is 0 Å². The highest BCUT2D eigenvalue weighted by atomic mass is 32.2. The number of benzene rings is 2. The summed E-state index contributed by atoms with van der Waals surface area (Å²) < 4.78 is 8.74. The van der Waals surface area contributed by atoms with Gasteiger partial charge in [0.1, 0.15) is 11.8 Å². The topological polar surface area (TPSA) is 63.6 Å². The maximum atomic E-state index is 13.2. The molecule has 1 unspecified atom stereocenters. The van der Waals surface area contributed by atoms with Gasteiger partial charge in [0, 0.05) is 6.42 Å². The van der Waals surface area contributed by atoms with Crippen LogP contribution in [-0.4, -0.2) is 32.2 Å². The fourth-order valence-corrected chi connectivity index (χ4v) is 5.82. The number of carbonyl (C=O) groups is 1. The van der Waals surface area contributed by atoms with Crippen molar-refractivity contribution in [3.63, 3.8) is 0 Å². The van der Waals surface area contributed by atoms with Crippen molar-refractivity contribution in [3.8, 4) is 5.69 Å². The van der Waals surface area contributed by atoms with Gasteiger partial charge in [-0.25, -0.2) is 9.69 Å². The Kier molecular flexibility index (Phi) is 6.26. The Labute approximate surface area is 204 Å². The van der Waals surface area contributed by atoms with Crippen molar-refractivity contribution in [2.45, 2.75) is 23.7 Å². The van der Waals surface area contributed by atoms with Gasteiger partial charge in [0.15, 0.2) is 8.29 Å². The molecule has 0 bridgehead atoms. The molecule has 1 atom stereocenters. The number of aryl methyl sites for hydroxylation is 1. The van der Waals surface area contributed by atoms with Gasteiger partial charge < -0.3 is 4.42 Å². The Morgan fingerprint density at radius 2 is 1.94 bits per heavy atom. The lowest BCUT2D eigenvalue weighted by Crippen LogP contribution is -2.28. The van der Waals surface area contributed by atoms with E-state index in [9.17, 15) is 4.79 Å². The summed E-state index contributed by atoms with van der Waals surface area (Å²) in [6.45, 7) is 2.05. The Bertz CT molecular complexity index is 1340. The molecule has 33 heavy (non-hydrogen) atoms. The first-order chi connectivity index (χ1) is 16.1. The molecule has 0 saturated carbocycles. The van der Waals surface area contributed by atoms with E-state index >= 15 is 0 Å². The van der Waals surface area contributed by atoms with Gasteiger partial charge in [0.2, 0.25) is 0 Å². The van der Waals surface area contributed by atoms with Crippen molar-refractivity contribution in [3.05, 3.63) is 93.8 Å². The second-order valence-electron chi connectivity index (χ2n) is 7.56. The molecular weight excluding hydrogens is 472 g/mol. The van der Waals surface area contributed by atoms with Gasteiger partial charge in [-0.3, -0.25) is 4.79 Å². The predicted octanol–water partition coefficient (Wildman–Crippen LogP) is 6.03. The molecule has 1 amide bonds. The maximum Gasteiger partial charge on any atom is 0.253 e. The van der Waals surface area contributed by atoms with Crippen LogP contribution in [0.15, 0.2) is 86.9 Å². The highest BCUT2D eigenvalue weighted by Gasteiger charge is 2.34. The summed E-state index contributed by atoms with van der Waals surface area (Å²) in [7, 11) is 0. The lowest BCUT2D eigenvalue weighted by Gasteiger charge is -2.19. The minimum absolute atomic E-state index is 0.101. The van der Waals surface area contributed by atoms with Crippen LogP contribution in [0.4, 0.5) is 0 Å². The zero-order valence-corrected chi connectivity index (χ0v) is 20.2. The first-order valence-corrected chi connectivity index (χ1v) is 12.6. The molecule has 5 rings (SSSR count). The molecule has 2 aromatic carbocycles. The average molecular weight is 493 g/mol. The fraction of sp³-hybridized carbons (Fsp3) is 0.167. The second kappa shape index (κ2) is 9.46. The van der Waals surface area contributed by atoms with Crippen LogP contribution in [0.25, 0.3) is 5.69 Å². The van der Waals surface area contributed by atoms with Crippen LogP contribution < -0.4 is 0 Å². The van der Waals surface area contributed by atoms with Crippen LogP contribution in [0.1, 0.15) is 29.3 Å². The number of hydrogen-bond donors (Lipinski definition) is 0. The van der Waals surface area contributed by atoms with Crippen LogP contribution in [0, 0.1) is 10.9 Å². The second-order valence-corrected chi connectivity index (χ2v) is 10.4. The summed E-state index contributed by atoms with van der Waals surface area (Å²) in [6, 6.07) is 21.4. The molecule has 4 aromatic rings. The van der Waals surface area contributed by atoms with Gasteiger partial charge in [-0.15, -0.1) is 5.10 Å². The normalized spacial score (nSPS) is 15.6. The molecule has 1 aliphatic rings. The van der Waals surface area contributed by atoms with Crippen molar-refractivity contribution in [2.75, 3.05) is 5.75 Å². The summed E-state index contributed by atoms with van der Waals surface area (Å²) in [6.07, 6.45) is 2.23. The van der Waals surface area contributed by atoms with Crippen LogP contribution in [0.3, 0.4) is 0 Å². The number of thioether (sulfide) groups is 1. The van der Waals surface area contributed by atoms with Crippen LogP contribution in [-0.2, 0) is 4.79 Å². The Morgan fingerprint density at radius 3 is 2.67 bits per heavy atom. The van der Waals surface area contributed by atoms with E-state index in [1.54, 1.807) is 16.0 Å². The number of para-hydroxylation sites is 1. The van der Waals surface area contributed by atoms with E-state index in [-0.39, 0.29) is 17.7 Å². The van der Waals surface area contributed by atoms with Gasteiger partial charge in [-0.2, -0.15) is 5.10 Å². The summed E-state index contributed by atoms with van der Waals surface area (Å²) >= 11 is 8.24. The summed E-state index contributed by atoms with van der Waals surface area (Å²) in [5, 5.41) is 10.8. The number of carbonyl (C=O) groups excluding carboxylic acids is 1. The van der Waals surface area contributed by atoms with Crippen LogP contribution in [0.2, 0.25) is 0 Å². The minimum atomic E-state index is -0.260. The average Bonchev–Trinajstić information content (AvgIpc) is 3.58. The summed E-state index contributed by atoms with van der Waals surface area (Å²) in [4.78, 5) is 13.2. The van der Waals surface area contributed by atoms with Gasteiger partial charge in [-0.1, -0.05) is 71.1 Å². The van der Waals surface area contributed by atoms with E-state index < -0.39 is 0 Å². The zero-order valence-electron chi connectivity index (χ0n) is 17.7. The first kappa shape index (κ1) is 21.8. The molecule has 1 aliphatic heterocycles. The maximum absolute atomic E-state index is 13.2. The highest BCUT2D eigenvalue weighted by molar-refractivity contribution is 8.01. The van der Waals surface area contributed by atoms with E-state index in [1.807, 2.05) is 61.5 Å². The standard InChI is InChI=1S/C24H20N4O2S3/c1-16-9-11-17(12-10-16)19-14-20(21-8-5-13-30-21)28(25-19)22(29)15-32-23-26-27(24(31)33-23)18-6-3-2-4-7-18/h2-13,20H,14-15H2,1H3. The molecule has 6 nitrogen and oxygen atoms in total. The molecule has 0 spiro atoms. The number of hydrazone groups is 1. The number of nitrogens with zero attached hydrogens (tertiary/aromatic N) is 4. The van der Waals surface area contributed by atoms with E-state index in [0.717, 1.165) is 27.1 Å². The number of hydrogen-bond acceptors (Lipinski definition) is 7. The molecule has 3 heterocycles. The van der Waals surface area contributed by atoms with Gasteiger partial charge in [-0.05, 0) is 49.0 Å². The quantitative estimate of drug-likeness (QED) is 0.243. The smallest absolute Gasteiger partial charge is 0.253 e. The molecule has 0 N–H and O–H groups in total. The Morgan fingerprint density at radius 1 is 1.15 bits per heavy atom. The summed E-state index contributed by atoms with van der Waals surface area (Å²) in [5.41, 5.74) is 3.97. The largest absolute Gasteiger partial charge is 0.467 e. The van der Waals surface area contributed by atoms with Crippen LogP contribution >= 0.6 is 35.3 Å². The molecular formula is C24H20N4O2S3. The monoisotopic (exact) mass is 492 g/mol. The molecule has 0 fully saturated rings. The molecule has 0 aliphatic carbocycles. The predicted molar refractivity (Wildman–Crippen MR) is 134 cm³/mol. The minimum Gasteiger partial charge on any atom is -0.467 e. The summed E-state index contributed by atoms with van der Waals surface area (Å²) in [5.74, 6) is 0.831. The van der Waals surface area contributed by atoms with Crippen molar-refractivity contribution in [1.29, 1.82) is 0 Å². The van der Waals surface area contributed by atoms with E-state index in [0.29, 0.717) is 10.4 Å². The van der Waals surface area contributed by atoms with Gasteiger partial charge in [0.25, 0.3) is 5.91 Å². The van der Waals surface area contributed by atoms with Crippen molar-refractivity contribution in [2.24, 2.45) is 5.10 Å². The van der Waals surface area contributed by atoms with E-state index in [2.05, 4.69) is 17.2 Å². The van der Waals surface area contributed by atoms with Crippen LogP contribution in [0.5, 0.6) is 0 Å². The van der Waals surface area contributed by atoms with Crippen molar-refractivity contribution < 1.29 is 9.21 Å². The third-order valence-corrected chi connectivity index (χ3v) is 7.62. The molecule has 0 saturated heterocycles. The highest BCUT2D eigenvalue weighted by Crippen LogP contribution is 2.34.